The van der Waals surface area contributed by atoms with Gasteiger partial charge in [-0.3, -0.25) is 9.59 Å². The molecule has 0 atom stereocenters. The van der Waals surface area contributed by atoms with Crippen LogP contribution in [-0.4, -0.2) is 18.4 Å². The summed E-state index contributed by atoms with van der Waals surface area (Å²) in [7, 11) is 0. The summed E-state index contributed by atoms with van der Waals surface area (Å²) >= 11 is 3.16. The summed E-state index contributed by atoms with van der Waals surface area (Å²) in [5.41, 5.74) is 3.08. The minimum atomic E-state index is -0.547. The van der Waals surface area contributed by atoms with Crippen LogP contribution in [0.2, 0.25) is 0 Å². The highest BCUT2D eigenvalue weighted by molar-refractivity contribution is 9.10. The van der Waals surface area contributed by atoms with Crippen LogP contribution < -0.4 is 15.4 Å². The molecule has 0 bridgehead atoms. The molecule has 154 valence electrons. The minimum Gasteiger partial charge on any atom is -0.481 e. The Balaban J connectivity index is 1.51. The molecule has 0 aliphatic rings. The quantitative estimate of drug-likeness (QED) is 0.518. The first kappa shape index (κ1) is 21.5. The normalized spacial score (nSPS) is 10.4. The molecule has 3 aromatic rings. The van der Waals surface area contributed by atoms with Crippen molar-refractivity contribution in [3.05, 3.63) is 93.7 Å². The fraction of sp³-hybridized carbons (Fsp3) is 0.130. The van der Waals surface area contributed by atoms with Crippen LogP contribution in [0.1, 0.15) is 21.5 Å². The first-order valence-corrected chi connectivity index (χ1v) is 10.0. The smallest absolute Gasteiger partial charge is 0.258 e. The highest BCUT2D eigenvalue weighted by Gasteiger charge is 2.09. The molecular formula is C23H20BrFN2O3. The molecule has 0 unspecified atom stereocenters. The van der Waals surface area contributed by atoms with E-state index in [-0.39, 0.29) is 30.7 Å². The molecule has 0 spiro atoms. The maximum absolute atomic E-state index is 13.7. The number of carbonyl (C=O) groups is 2. The number of ether oxygens (including phenoxy) is 1. The molecule has 0 fully saturated rings. The van der Waals surface area contributed by atoms with Crippen molar-refractivity contribution in [1.82, 2.24) is 5.32 Å². The van der Waals surface area contributed by atoms with Gasteiger partial charge in [0, 0.05) is 22.3 Å². The van der Waals surface area contributed by atoms with Gasteiger partial charge in [0.25, 0.3) is 11.8 Å². The predicted molar refractivity (Wildman–Crippen MR) is 117 cm³/mol. The van der Waals surface area contributed by atoms with Crippen LogP contribution in [0.15, 0.2) is 71.2 Å². The fourth-order valence-corrected chi connectivity index (χ4v) is 2.99. The van der Waals surface area contributed by atoms with Gasteiger partial charge in [-0.1, -0.05) is 45.8 Å². The number of amides is 2. The van der Waals surface area contributed by atoms with Gasteiger partial charge in [0.2, 0.25) is 0 Å². The molecule has 30 heavy (non-hydrogen) atoms. The number of benzene rings is 3. The number of nitrogens with one attached hydrogen (secondary N) is 2. The highest BCUT2D eigenvalue weighted by atomic mass is 79.9. The van der Waals surface area contributed by atoms with E-state index in [1.165, 1.54) is 12.1 Å². The SMILES string of the molecule is Cc1ccc(C(=O)Nc2cccc(CNC(=O)COc3ccc(Br)cc3F)c2)cc1. The number of anilines is 1. The Bertz CT molecular complexity index is 1050. The molecule has 0 saturated heterocycles. The molecule has 3 aromatic carbocycles. The Morgan fingerprint density at radius 3 is 2.53 bits per heavy atom. The highest BCUT2D eigenvalue weighted by Crippen LogP contribution is 2.21. The van der Waals surface area contributed by atoms with Crippen molar-refractivity contribution in [3.63, 3.8) is 0 Å². The van der Waals surface area contributed by atoms with Crippen LogP contribution in [-0.2, 0) is 11.3 Å². The molecule has 3 rings (SSSR count). The Hall–Kier alpha value is -3.19. The molecule has 5 nitrogen and oxygen atoms in total. The Morgan fingerprint density at radius 1 is 1.03 bits per heavy atom. The van der Waals surface area contributed by atoms with Crippen molar-refractivity contribution in [1.29, 1.82) is 0 Å². The zero-order valence-electron chi connectivity index (χ0n) is 16.2. The molecule has 7 heteroatoms. The molecule has 2 amide bonds. The van der Waals surface area contributed by atoms with Crippen LogP contribution in [0, 0.1) is 12.7 Å². The van der Waals surface area contributed by atoms with E-state index in [1.807, 2.05) is 25.1 Å². The van der Waals surface area contributed by atoms with Gasteiger partial charge in [0.05, 0.1) is 0 Å². The Labute approximate surface area is 182 Å². The summed E-state index contributed by atoms with van der Waals surface area (Å²) < 4.78 is 19.5. The number of rotatable bonds is 7. The molecule has 0 aliphatic carbocycles. The van der Waals surface area contributed by atoms with Crippen molar-refractivity contribution in [2.24, 2.45) is 0 Å². The predicted octanol–water partition coefficient (Wildman–Crippen LogP) is 4.84. The Morgan fingerprint density at radius 2 is 1.80 bits per heavy atom. The first-order chi connectivity index (χ1) is 14.4. The van der Waals surface area contributed by atoms with E-state index in [1.54, 1.807) is 36.4 Å². The minimum absolute atomic E-state index is 0.00849. The largest absolute Gasteiger partial charge is 0.481 e. The zero-order chi connectivity index (χ0) is 21.5. The topological polar surface area (TPSA) is 67.4 Å². The van der Waals surface area contributed by atoms with Gasteiger partial charge in [0.1, 0.15) is 0 Å². The first-order valence-electron chi connectivity index (χ1n) is 9.22. The van der Waals surface area contributed by atoms with Crippen molar-refractivity contribution in [2.45, 2.75) is 13.5 Å². The zero-order valence-corrected chi connectivity index (χ0v) is 17.8. The third kappa shape index (κ3) is 6.15. The summed E-state index contributed by atoms with van der Waals surface area (Å²) in [4.78, 5) is 24.3. The molecule has 2 N–H and O–H groups in total. The molecule has 0 heterocycles. The molecule has 0 radical (unpaired) electrons. The van der Waals surface area contributed by atoms with Crippen molar-refractivity contribution >= 4 is 33.4 Å². The van der Waals surface area contributed by atoms with Crippen LogP contribution >= 0.6 is 15.9 Å². The lowest BCUT2D eigenvalue weighted by Gasteiger charge is -2.10. The van der Waals surface area contributed by atoms with Crippen LogP contribution in [0.4, 0.5) is 10.1 Å². The number of halogens is 2. The summed E-state index contributed by atoms with van der Waals surface area (Å²) in [6, 6.07) is 18.8. The van der Waals surface area contributed by atoms with E-state index in [0.717, 1.165) is 11.1 Å². The third-order valence-electron chi connectivity index (χ3n) is 4.24. The average molecular weight is 471 g/mol. The maximum atomic E-state index is 13.7. The number of aryl methyl sites for hydroxylation is 1. The van der Waals surface area contributed by atoms with Gasteiger partial charge < -0.3 is 15.4 Å². The van der Waals surface area contributed by atoms with Crippen molar-refractivity contribution in [2.75, 3.05) is 11.9 Å². The average Bonchev–Trinajstić information content (AvgIpc) is 2.72. The van der Waals surface area contributed by atoms with Crippen LogP contribution in [0.5, 0.6) is 5.75 Å². The van der Waals surface area contributed by atoms with E-state index in [4.69, 9.17) is 4.74 Å². The van der Waals surface area contributed by atoms with Gasteiger partial charge in [-0.2, -0.15) is 0 Å². The summed E-state index contributed by atoms with van der Waals surface area (Å²) in [6.45, 7) is 1.90. The monoisotopic (exact) mass is 470 g/mol. The molecule has 0 saturated carbocycles. The van der Waals surface area contributed by atoms with Crippen LogP contribution in [0.3, 0.4) is 0 Å². The molecule has 0 aliphatic heterocycles. The van der Waals surface area contributed by atoms with Gasteiger partial charge in [-0.15, -0.1) is 0 Å². The lowest BCUT2D eigenvalue weighted by atomic mass is 10.1. The number of hydrogen-bond donors (Lipinski definition) is 2. The van der Waals surface area contributed by atoms with Crippen LogP contribution in [0.25, 0.3) is 0 Å². The van der Waals surface area contributed by atoms with E-state index in [2.05, 4.69) is 26.6 Å². The number of carbonyl (C=O) groups excluding carboxylic acids is 2. The lowest BCUT2D eigenvalue weighted by molar-refractivity contribution is -0.123. The second-order valence-corrected chi connectivity index (χ2v) is 7.58. The van der Waals surface area contributed by atoms with E-state index < -0.39 is 5.82 Å². The summed E-state index contributed by atoms with van der Waals surface area (Å²) in [5, 5.41) is 5.55. The molecular weight excluding hydrogens is 451 g/mol. The fourth-order valence-electron chi connectivity index (χ4n) is 2.65. The lowest BCUT2D eigenvalue weighted by Crippen LogP contribution is -2.28. The summed E-state index contributed by atoms with van der Waals surface area (Å²) in [6.07, 6.45) is 0. The van der Waals surface area contributed by atoms with E-state index in [0.29, 0.717) is 15.7 Å². The van der Waals surface area contributed by atoms with Gasteiger partial charge in [0.15, 0.2) is 18.2 Å². The van der Waals surface area contributed by atoms with E-state index >= 15 is 0 Å². The summed E-state index contributed by atoms with van der Waals surface area (Å²) in [5.74, 6) is -1.13. The second kappa shape index (κ2) is 10.0. The Kier molecular flexibility index (Phi) is 7.19. The van der Waals surface area contributed by atoms with Crippen molar-refractivity contribution in [3.8, 4) is 5.75 Å². The van der Waals surface area contributed by atoms with Crippen molar-refractivity contribution < 1.29 is 18.7 Å². The molecule has 0 aromatic heterocycles. The second-order valence-electron chi connectivity index (χ2n) is 6.66. The van der Waals surface area contributed by atoms with Gasteiger partial charge in [-0.25, -0.2) is 4.39 Å². The van der Waals surface area contributed by atoms with E-state index in [9.17, 15) is 14.0 Å². The maximum Gasteiger partial charge on any atom is 0.258 e. The van der Waals surface area contributed by atoms with Gasteiger partial charge >= 0.3 is 0 Å². The van der Waals surface area contributed by atoms with Gasteiger partial charge in [-0.05, 0) is 55.0 Å². The third-order valence-corrected chi connectivity index (χ3v) is 4.73. The number of hydrogen-bond acceptors (Lipinski definition) is 3. The standard InChI is InChI=1S/C23H20BrFN2O3/c1-15-5-7-17(8-6-15)23(29)27-19-4-2-3-16(11-19)13-26-22(28)14-30-21-10-9-18(24)12-20(21)25/h2-12H,13-14H2,1H3,(H,26,28)(H,27,29).